The van der Waals surface area contributed by atoms with Crippen LogP contribution in [0.4, 0.5) is 0 Å². The highest BCUT2D eigenvalue weighted by Crippen LogP contribution is 2.28. The molecule has 1 atom stereocenters. The van der Waals surface area contributed by atoms with Crippen LogP contribution in [0.25, 0.3) is 0 Å². The average Bonchev–Trinajstić information content (AvgIpc) is 2.98. The molecule has 1 N–H and O–H groups in total. The van der Waals surface area contributed by atoms with Crippen LogP contribution in [-0.2, 0) is 5.75 Å². The highest BCUT2D eigenvalue weighted by Gasteiger charge is 2.23. The van der Waals surface area contributed by atoms with Crippen molar-refractivity contribution in [3.63, 3.8) is 0 Å². The number of piperazine rings is 1. The summed E-state index contributed by atoms with van der Waals surface area (Å²) in [5.41, 5.74) is 1.88. The van der Waals surface area contributed by atoms with Crippen molar-refractivity contribution in [3.8, 4) is 0 Å². The molecule has 0 aliphatic carbocycles. The Morgan fingerprint density at radius 1 is 1.40 bits per heavy atom. The van der Waals surface area contributed by atoms with E-state index in [1.54, 1.807) is 23.1 Å². The fraction of sp³-hybridized carbons (Fsp3) is 0.412. The van der Waals surface area contributed by atoms with Gasteiger partial charge in [-0.1, -0.05) is 12.1 Å². The van der Waals surface area contributed by atoms with Crippen molar-refractivity contribution in [3.05, 3.63) is 45.9 Å². The second-order valence-electron chi connectivity index (χ2n) is 5.75. The lowest BCUT2D eigenvalue weighted by atomic mass is 10.1. The lowest BCUT2D eigenvalue weighted by Crippen LogP contribution is -2.51. The lowest BCUT2D eigenvalue weighted by Gasteiger charge is -2.32. The Morgan fingerprint density at radius 2 is 2.16 bits per heavy atom. The number of carbonyl (C=O) groups is 1. The number of thiazole rings is 1. The Kier molecular flexibility index (Phi) is 9.24. The number of halogens is 2. The van der Waals surface area contributed by atoms with Crippen LogP contribution in [0.3, 0.4) is 0 Å². The molecular weight excluding hydrogens is 397 g/mol. The van der Waals surface area contributed by atoms with E-state index < -0.39 is 0 Å². The zero-order valence-electron chi connectivity index (χ0n) is 14.2. The first kappa shape index (κ1) is 22.3. The molecule has 1 aliphatic rings. The van der Waals surface area contributed by atoms with Crippen molar-refractivity contribution in [2.45, 2.75) is 30.5 Å². The average molecular weight is 420 g/mol. The molecule has 2 aromatic rings. The minimum atomic E-state index is 0. The van der Waals surface area contributed by atoms with Crippen molar-refractivity contribution in [2.75, 3.05) is 19.6 Å². The second-order valence-corrected chi connectivity index (χ2v) is 7.83. The van der Waals surface area contributed by atoms with Crippen LogP contribution >= 0.6 is 47.9 Å². The monoisotopic (exact) mass is 419 g/mol. The number of hydrogen-bond donors (Lipinski definition) is 1. The smallest absolute Gasteiger partial charge is 0.255 e. The Morgan fingerprint density at radius 3 is 2.84 bits per heavy atom. The molecule has 1 saturated heterocycles. The van der Waals surface area contributed by atoms with E-state index in [0.717, 1.165) is 46.5 Å². The number of aromatic nitrogens is 1. The standard InChI is InChI=1S/C17H21N3OS2.2ClH/c1-12-9-20(8-7-18-12)17(21)15-5-3-4-6-16(15)23-11-14-10-22-13(2)19-14;;/h3-6,10,12,18H,7-9,11H2,1-2H3;2*1H. The number of aryl methyl sites for hydroxylation is 1. The highest BCUT2D eigenvalue weighted by molar-refractivity contribution is 7.98. The highest BCUT2D eigenvalue weighted by atomic mass is 35.5. The number of amides is 1. The van der Waals surface area contributed by atoms with Crippen LogP contribution in [0.5, 0.6) is 0 Å². The number of carbonyl (C=O) groups excluding carboxylic acids is 1. The number of rotatable bonds is 4. The van der Waals surface area contributed by atoms with Crippen LogP contribution in [0, 0.1) is 6.92 Å². The van der Waals surface area contributed by atoms with Gasteiger partial charge in [0.05, 0.1) is 16.3 Å². The van der Waals surface area contributed by atoms with E-state index in [-0.39, 0.29) is 30.7 Å². The van der Waals surface area contributed by atoms with Gasteiger partial charge in [0, 0.05) is 41.7 Å². The molecule has 138 valence electrons. The minimum absolute atomic E-state index is 0. The predicted molar refractivity (Wildman–Crippen MR) is 111 cm³/mol. The quantitative estimate of drug-likeness (QED) is 0.759. The summed E-state index contributed by atoms with van der Waals surface area (Å²) in [7, 11) is 0. The number of benzene rings is 1. The second kappa shape index (κ2) is 10.4. The molecule has 1 amide bonds. The van der Waals surface area contributed by atoms with E-state index in [1.165, 1.54) is 0 Å². The zero-order valence-corrected chi connectivity index (χ0v) is 17.5. The Bertz CT molecular complexity index is 696. The van der Waals surface area contributed by atoms with Crippen molar-refractivity contribution in [1.82, 2.24) is 15.2 Å². The first-order chi connectivity index (χ1) is 11.1. The Balaban J connectivity index is 0.00000156. The van der Waals surface area contributed by atoms with Crippen molar-refractivity contribution in [1.29, 1.82) is 0 Å². The van der Waals surface area contributed by atoms with Gasteiger partial charge in [-0.3, -0.25) is 4.79 Å². The normalized spacial score (nSPS) is 16.7. The first-order valence-corrected chi connectivity index (χ1v) is 9.65. The van der Waals surface area contributed by atoms with Crippen LogP contribution in [-0.4, -0.2) is 41.5 Å². The van der Waals surface area contributed by atoms with Gasteiger partial charge in [0.15, 0.2) is 0 Å². The number of nitrogens with one attached hydrogen (secondary N) is 1. The van der Waals surface area contributed by atoms with Gasteiger partial charge in [-0.15, -0.1) is 47.9 Å². The summed E-state index contributed by atoms with van der Waals surface area (Å²) < 4.78 is 0. The predicted octanol–water partition coefficient (Wildman–Crippen LogP) is 4.02. The molecule has 0 saturated carbocycles. The van der Waals surface area contributed by atoms with E-state index in [9.17, 15) is 4.79 Å². The van der Waals surface area contributed by atoms with Gasteiger partial charge in [0.1, 0.15) is 0 Å². The van der Waals surface area contributed by atoms with Gasteiger partial charge in [-0.05, 0) is 26.0 Å². The molecular formula is C17H23Cl2N3OS2. The summed E-state index contributed by atoms with van der Waals surface area (Å²) in [6.07, 6.45) is 0. The van der Waals surface area contributed by atoms with E-state index in [0.29, 0.717) is 6.04 Å². The summed E-state index contributed by atoms with van der Waals surface area (Å²) in [4.78, 5) is 20.3. The zero-order chi connectivity index (χ0) is 16.2. The molecule has 1 aromatic heterocycles. The number of thioether (sulfide) groups is 1. The summed E-state index contributed by atoms with van der Waals surface area (Å²) in [6, 6.07) is 8.25. The fourth-order valence-corrected chi connectivity index (χ4v) is 4.34. The van der Waals surface area contributed by atoms with Gasteiger partial charge < -0.3 is 10.2 Å². The van der Waals surface area contributed by atoms with Crippen molar-refractivity contribution < 1.29 is 4.79 Å². The van der Waals surface area contributed by atoms with E-state index in [1.807, 2.05) is 36.1 Å². The fourth-order valence-electron chi connectivity index (χ4n) is 2.68. The molecule has 4 nitrogen and oxygen atoms in total. The first-order valence-electron chi connectivity index (χ1n) is 7.79. The lowest BCUT2D eigenvalue weighted by molar-refractivity contribution is 0.0705. The van der Waals surface area contributed by atoms with Gasteiger partial charge >= 0.3 is 0 Å². The summed E-state index contributed by atoms with van der Waals surface area (Å²) in [6.45, 7) is 6.53. The molecule has 0 bridgehead atoms. The van der Waals surface area contributed by atoms with Gasteiger partial charge in [-0.25, -0.2) is 4.98 Å². The molecule has 1 aliphatic heterocycles. The third-order valence-electron chi connectivity index (χ3n) is 3.82. The van der Waals surface area contributed by atoms with Gasteiger partial charge in [0.25, 0.3) is 5.91 Å². The topological polar surface area (TPSA) is 45.2 Å². The minimum Gasteiger partial charge on any atom is -0.336 e. The third kappa shape index (κ3) is 5.86. The van der Waals surface area contributed by atoms with E-state index in [2.05, 4.69) is 22.6 Å². The molecule has 0 spiro atoms. The number of hydrogen-bond acceptors (Lipinski definition) is 5. The van der Waals surface area contributed by atoms with Crippen LogP contribution in [0.15, 0.2) is 34.5 Å². The molecule has 0 radical (unpaired) electrons. The van der Waals surface area contributed by atoms with Crippen LogP contribution < -0.4 is 5.32 Å². The van der Waals surface area contributed by atoms with Gasteiger partial charge in [-0.2, -0.15) is 0 Å². The largest absolute Gasteiger partial charge is 0.336 e. The molecule has 1 unspecified atom stereocenters. The SMILES string of the molecule is Cc1nc(CSc2ccccc2C(=O)N2CCNC(C)C2)cs1.Cl.Cl. The van der Waals surface area contributed by atoms with E-state index >= 15 is 0 Å². The summed E-state index contributed by atoms with van der Waals surface area (Å²) >= 11 is 3.35. The van der Waals surface area contributed by atoms with Gasteiger partial charge in [0.2, 0.25) is 0 Å². The molecule has 1 aromatic carbocycles. The van der Waals surface area contributed by atoms with E-state index in [4.69, 9.17) is 0 Å². The molecule has 8 heteroatoms. The van der Waals surface area contributed by atoms with Crippen LogP contribution in [0.1, 0.15) is 28.0 Å². The third-order valence-corrected chi connectivity index (χ3v) is 5.75. The Hall–Kier alpha value is -0.790. The summed E-state index contributed by atoms with van der Waals surface area (Å²) in [5.74, 6) is 0.933. The summed E-state index contributed by atoms with van der Waals surface area (Å²) in [5, 5.41) is 6.55. The maximum absolute atomic E-state index is 12.9. The maximum atomic E-state index is 12.9. The molecule has 25 heavy (non-hydrogen) atoms. The van der Waals surface area contributed by atoms with Crippen molar-refractivity contribution in [2.24, 2.45) is 0 Å². The molecule has 2 heterocycles. The number of nitrogens with zero attached hydrogens (tertiary/aromatic N) is 2. The van der Waals surface area contributed by atoms with Crippen molar-refractivity contribution >= 4 is 53.8 Å². The molecule has 1 fully saturated rings. The molecule has 3 rings (SSSR count). The van der Waals surface area contributed by atoms with Crippen LogP contribution in [0.2, 0.25) is 0 Å². The maximum Gasteiger partial charge on any atom is 0.255 e. The Labute approximate surface area is 169 Å².